The molecule has 1 aromatic heterocycles. The third-order valence-corrected chi connectivity index (χ3v) is 5.58. The zero-order valence-electron chi connectivity index (χ0n) is 18.9. The van der Waals surface area contributed by atoms with Crippen LogP contribution in [0, 0.1) is 0 Å². The molecule has 178 valence electrons. The highest BCUT2D eigenvalue weighted by atomic mass is 31.2. The Morgan fingerprint density at radius 1 is 1.03 bits per heavy atom. The van der Waals surface area contributed by atoms with Crippen molar-refractivity contribution in [3.63, 3.8) is 0 Å². The first kappa shape index (κ1) is 25.8. The van der Waals surface area contributed by atoms with Crippen molar-refractivity contribution >= 4 is 30.7 Å². The van der Waals surface area contributed by atoms with Gasteiger partial charge in [-0.05, 0) is 44.3 Å². The predicted molar refractivity (Wildman–Crippen MR) is 115 cm³/mol. The van der Waals surface area contributed by atoms with Crippen LogP contribution in [0.15, 0.2) is 24.4 Å². The smallest absolute Gasteiger partial charge is 0.482 e. The number of esters is 2. The second-order valence-electron chi connectivity index (χ2n) is 7.03. The van der Waals surface area contributed by atoms with E-state index in [1.54, 1.807) is 11.7 Å². The number of methoxy groups -OCH3 is 1. The van der Waals surface area contributed by atoms with Gasteiger partial charge in [0, 0.05) is 32.0 Å². The van der Waals surface area contributed by atoms with Crippen LogP contribution in [0.4, 0.5) is 0 Å². The summed E-state index contributed by atoms with van der Waals surface area (Å²) in [7, 11) is 1.35. The predicted octanol–water partition coefficient (Wildman–Crippen LogP) is 2.91. The lowest BCUT2D eigenvalue weighted by Crippen LogP contribution is -2.14. The fourth-order valence-electron chi connectivity index (χ4n) is 2.72. The Balaban J connectivity index is 2.22. The lowest BCUT2D eigenvalue weighted by Gasteiger charge is -2.18. The number of ether oxygens (including phenoxy) is 3. The summed E-state index contributed by atoms with van der Waals surface area (Å²) in [5.74, 6) is -0.554. The van der Waals surface area contributed by atoms with E-state index in [2.05, 4.69) is 14.4 Å². The number of rotatable bonds is 13. The lowest BCUT2D eigenvalue weighted by atomic mass is 10.1. The van der Waals surface area contributed by atoms with Gasteiger partial charge in [-0.25, -0.2) is 13.6 Å². The van der Waals surface area contributed by atoms with Gasteiger partial charge in [0.15, 0.2) is 0 Å². The summed E-state index contributed by atoms with van der Waals surface area (Å²) in [6.45, 7) is 1.68. The molecule has 0 aliphatic carbocycles. The normalized spacial score (nSPS) is 11.7. The van der Waals surface area contributed by atoms with Crippen molar-refractivity contribution in [1.29, 1.82) is 0 Å². The molecule has 2 aromatic rings. The molecule has 0 fully saturated rings. The standard InChI is InChI=1S/C20H29N2O9P/c1-15(23)27-13-30-32(25,31-14-28-16(2)24)29-12-22-11-17(8-9-21(3)4)19-10-18(26-5)6-7-20(19)22/h6-7,10-11H,8-9,12-14H2,1-5H3. The van der Waals surface area contributed by atoms with Gasteiger partial charge in [0.25, 0.3) is 0 Å². The number of hydrogen-bond acceptors (Lipinski definition) is 10. The number of nitrogens with zero attached hydrogens (tertiary/aromatic N) is 2. The average molecular weight is 472 g/mol. The molecule has 1 aromatic carbocycles. The van der Waals surface area contributed by atoms with Gasteiger partial charge in [-0.3, -0.25) is 14.1 Å². The van der Waals surface area contributed by atoms with E-state index < -0.39 is 33.3 Å². The highest BCUT2D eigenvalue weighted by Crippen LogP contribution is 2.50. The van der Waals surface area contributed by atoms with Gasteiger partial charge in [-0.2, -0.15) is 0 Å². The Hall–Kier alpha value is -2.43. The number of hydrogen-bond donors (Lipinski definition) is 0. The Kier molecular flexibility index (Phi) is 9.67. The van der Waals surface area contributed by atoms with Crippen LogP contribution in [-0.4, -0.2) is 62.7 Å². The number of benzene rings is 1. The van der Waals surface area contributed by atoms with Crippen LogP contribution < -0.4 is 4.74 Å². The molecular formula is C20H29N2O9P. The first-order chi connectivity index (χ1) is 15.1. The van der Waals surface area contributed by atoms with Crippen molar-refractivity contribution in [1.82, 2.24) is 9.47 Å². The fourth-order valence-corrected chi connectivity index (χ4v) is 3.57. The number of carbonyl (C=O) groups excluding carboxylic acids is 2. The zero-order chi connectivity index (χ0) is 23.7. The summed E-state index contributed by atoms with van der Waals surface area (Å²) in [5, 5.41) is 0.964. The molecule has 0 saturated carbocycles. The molecule has 0 unspecified atom stereocenters. The molecule has 0 radical (unpaired) electrons. The monoisotopic (exact) mass is 472 g/mol. The van der Waals surface area contributed by atoms with Crippen LogP contribution in [0.2, 0.25) is 0 Å². The third-order valence-electron chi connectivity index (χ3n) is 4.30. The van der Waals surface area contributed by atoms with E-state index >= 15 is 0 Å². The minimum Gasteiger partial charge on any atom is -0.497 e. The SMILES string of the molecule is COc1ccc2c(c1)c(CCN(C)C)cn2COP(=O)(OCOC(C)=O)OCOC(C)=O. The summed E-state index contributed by atoms with van der Waals surface area (Å²) >= 11 is 0. The fraction of sp³-hybridized carbons (Fsp3) is 0.500. The van der Waals surface area contributed by atoms with E-state index in [1.165, 1.54) is 13.8 Å². The van der Waals surface area contributed by atoms with Crippen molar-refractivity contribution < 1.29 is 41.9 Å². The van der Waals surface area contributed by atoms with Crippen molar-refractivity contribution in [3.8, 4) is 5.75 Å². The number of phosphoric ester groups is 1. The molecule has 0 spiro atoms. The lowest BCUT2D eigenvalue weighted by molar-refractivity contribution is -0.151. The van der Waals surface area contributed by atoms with Crippen molar-refractivity contribution in [2.45, 2.75) is 27.0 Å². The van der Waals surface area contributed by atoms with Crippen LogP contribution in [0.25, 0.3) is 10.9 Å². The molecule has 0 amide bonds. The highest BCUT2D eigenvalue weighted by molar-refractivity contribution is 7.48. The molecular weight excluding hydrogens is 443 g/mol. The van der Waals surface area contributed by atoms with Crippen molar-refractivity contribution in [2.75, 3.05) is 41.3 Å². The van der Waals surface area contributed by atoms with Crippen molar-refractivity contribution in [3.05, 3.63) is 30.0 Å². The molecule has 0 saturated heterocycles. The average Bonchev–Trinajstić information content (AvgIpc) is 3.07. The minimum atomic E-state index is -4.22. The van der Waals surface area contributed by atoms with Gasteiger partial charge in [0.1, 0.15) is 12.5 Å². The summed E-state index contributed by atoms with van der Waals surface area (Å²) in [6.07, 6.45) is 2.66. The maximum absolute atomic E-state index is 12.9. The number of likely N-dealkylation sites (N-methyl/N-ethyl adjacent to an activating group) is 1. The van der Waals surface area contributed by atoms with Crippen molar-refractivity contribution in [2.24, 2.45) is 0 Å². The first-order valence-electron chi connectivity index (χ1n) is 9.74. The van der Waals surface area contributed by atoms with Crippen LogP contribution in [0.3, 0.4) is 0 Å². The molecule has 0 bridgehead atoms. The highest BCUT2D eigenvalue weighted by Gasteiger charge is 2.29. The Morgan fingerprint density at radius 2 is 1.66 bits per heavy atom. The van der Waals surface area contributed by atoms with E-state index in [9.17, 15) is 14.2 Å². The maximum Gasteiger partial charge on any atom is 0.482 e. The number of fused-ring (bicyclic) bond motifs is 1. The van der Waals surface area contributed by atoms with E-state index in [-0.39, 0.29) is 6.73 Å². The van der Waals surface area contributed by atoms with Crippen LogP contribution in [0.5, 0.6) is 5.75 Å². The largest absolute Gasteiger partial charge is 0.497 e. The molecule has 11 nitrogen and oxygen atoms in total. The Morgan fingerprint density at radius 3 is 2.19 bits per heavy atom. The molecule has 0 N–H and O–H groups in total. The number of aromatic nitrogens is 1. The summed E-state index contributed by atoms with van der Waals surface area (Å²) in [4.78, 5) is 24.0. The Labute approximate surface area is 186 Å². The molecule has 0 aliphatic rings. The van der Waals surface area contributed by atoms with E-state index in [4.69, 9.17) is 18.3 Å². The molecule has 32 heavy (non-hydrogen) atoms. The van der Waals surface area contributed by atoms with Gasteiger partial charge in [-0.15, -0.1) is 0 Å². The van der Waals surface area contributed by atoms with Gasteiger partial charge in [-0.1, -0.05) is 0 Å². The third kappa shape index (κ3) is 7.92. The van der Waals surface area contributed by atoms with E-state index in [0.29, 0.717) is 5.75 Å². The van der Waals surface area contributed by atoms with Gasteiger partial charge >= 0.3 is 19.8 Å². The molecule has 2 rings (SSSR count). The van der Waals surface area contributed by atoms with Crippen LogP contribution >= 0.6 is 7.82 Å². The minimum absolute atomic E-state index is 0.192. The maximum atomic E-state index is 12.9. The Bertz CT molecular complexity index is 949. The number of phosphoric acid groups is 1. The molecule has 0 aliphatic heterocycles. The number of carbonyl (C=O) groups is 2. The van der Waals surface area contributed by atoms with Gasteiger partial charge in [0.05, 0.1) is 12.6 Å². The van der Waals surface area contributed by atoms with Crippen LogP contribution in [0.1, 0.15) is 19.4 Å². The summed E-state index contributed by atoms with van der Waals surface area (Å²) in [6, 6.07) is 5.59. The molecule has 1 heterocycles. The summed E-state index contributed by atoms with van der Waals surface area (Å²) < 4.78 is 44.8. The van der Waals surface area contributed by atoms with E-state index in [1.807, 2.05) is 38.5 Å². The second-order valence-corrected chi connectivity index (χ2v) is 8.70. The quantitative estimate of drug-likeness (QED) is 0.245. The van der Waals surface area contributed by atoms with Crippen LogP contribution in [-0.2, 0) is 50.4 Å². The summed E-state index contributed by atoms with van der Waals surface area (Å²) in [5.41, 5.74) is 1.87. The molecule has 0 atom stereocenters. The first-order valence-corrected chi connectivity index (χ1v) is 11.2. The van der Waals surface area contributed by atoms with Gasteiger partial charge in [0.2, 0.25) is 13.6 Å². The second kappa shape index (κ2) is 12.0. The molecule has 12 heteroatoms. The van der Waals surface area contributed by atoms with Gasteiger partial charge < -0.3 is 23.7 Å². The van der Waals surface area contributed by atoms with E-state index in [0.717, 1.165) is 29.4 Å². The zero-order valence-corrected chi connectivity index (χ0v) is 19.8. The topological polar surface area (TPSA) is 115 Å².